The van der Waals surface area contributed by atoms with Crippen LogP contribution in [0.1, 0.15) is 56.6 Å². The minimum atomic E-state index is 0.541. The number of likely N-dealkylation sites (tertiary alicyclic amines) is 1. The summed E-state index contributed by atoms with van der Waals surface area (Å²) in [4.78, 5) is 6.85. The zero-order valence-corrected chi connectivity index (χ0v) is 14.5. The van der Waals surface area contributed by atoms with Crippen molar-refractivity contribution in [1.29, 1.82) is 0 Å². The Morgan fingerprint density at radius 1 is 1.17 bits per heavy atom. The minimum absolute atomic E-state index is 0.541. The summed E-state index contributed by atoms with van der Waals surface area (Å²) < 4.78 is 0. The van der Waals surface area contributed by atoms with E-state index in [4.69, 9.17) is 0 Å². The molecule has 3 aliphatic rings. The first-order chi connectivity index (χ1) is 11.3. The molecule has 3 fully saturated rings. The normalized spacial score (nSPS) is 35.5. The van der Waals surface area contributed by atoms with Gasteiger partial charge in [0.15, 0.2) is 0 Å². The largest absolute Gasteiger partial charge is 0.314 e. The first-order valence-electron chi connectivity index (χ1n) is 9.65. The fourth-order valence-electron chi connectivity index (χ4n) is 5.04. The van der Waals surface area contributed by atoms with Crippen molar-refractivity contribution in [3.05, 3.63) is 30.1 Å². The van der Waals surface area contributed by atoms with Gasteiger partial charge in [0.2, 0.25) is 0 Å². The Balaban J connectivity index is 1.34. The zero-order valence-electron chi connectivity index (χ0n) is 14.5. The fraction of sp³-hybridized carbons (Fsp3) is 0.750. The van der Waals surface area contributed by atoms with E-state index >= 15 is 0 Å². The maximum absolute atomic E-state index is 4.34. The Hall–Kier alpha value is -0.930. The van der Waals surface area contributed by atoms with Gasteiger partial charge in [-0.1, -0.05) is 18.9 Å². The predicted molar refractivity (Wildman–Crippen MR) is 94.2 cm³/mol. The number of aromatic nitrogens is 1. The van der Waals surface area contributed by atoms with E-state index < -0.39 is 0 Å². The van der Waals surface area contributed by atoms with Gasteiger partial charge in [-0.2, -0.15) is 0 Å². The van der Waals surface area contributed by atoms with Crippen molar-refractivity contribution in [3.8, 4) is 0 Å². The third-order valence-electron chi connectivity index (χ3n) is 6.47. The molecule has 0 unspecified atom stereocenters. The lowest BCUT2D eigenvalue weighted by Crippen LogP contribution is -2.38. The van der Waals surface area contributed by atoms with E-state index in [-0.39, 0.29) is 0 Å². The van der Waals surface area contributed by atoms with Gasteiger partial charge in [-0.15, -0.1) is 0 Å². The van der Waals surface area contributed by atoms with E-state index in [0.717, 1.165) is 23.8 Å². The molecule has 0 amide bonds. The highest BCUT2D eigenvalue weighted by atomic mass is 15.2. The maximum Gasteiger partial charge on any atom is 0.0401 e. The van der Waals surface area contributed by atoms with Crippen LogP contribution in [0.25, 0.3) is 0 Å². The summed E-state index contributed by atoms with van der Waals surface area (Å²) >= 11 is 0. The van der Waals surface area contributed by atoms with Gasteiger partial charge >= 0.3 is 0 Å². The highest BCUT2D eigenvalue weighted by molar-refractivity contribution is 5.17. The second-order valence-electron chi connectivity index (χ2n) is 8.13. The number of rotatable bonds is 5. The van der Waals surface area contributed by atoms with Gasteiger partial charge < -0.3 is 5.32 Å². The van der Waals surface area contributed by atoms with Crippen molar-refractivity contribution in [1.82, 2.24) is 15.2 Å². The van der Waals surface area contributed by atoms with Crippen LogP contribution in [0.15, 0.2) is 24.5 Å². The Labute approximate surface area is 140 Å². The summed E-state index contributed by atoms with van der Waals surface area (Å²) in [7, 11) is 2.27. The van der Waals surface area contributed by atoms with Crippen LogP contribution in [0, 0.1) is 17.8 Å². The molecule has 2 aliphatic carbocycles. The predicted octanol–water partition coefficient (Wildman–Crippen LogP) is 3.63. The average molecular weight is 313 g/mol. The van der Waals surface area contributed by atoms with Crippen LogP contribution in [0.4, 0.5) is 0 Å². The molecule has 0 radical (unpaired) electrons. The Morgan fingerprint density at radius 2 is 2.09 bits per heavy atom. The van der Waals surface area contributed by atoms with Crippen molar-refractivity contribution >= 4 is 0 Å². The summed E-state index contributed by atoms with van der Waals surface area (Å²) in [5.74, 6) is 2.84. The first kappa shape index (κ1) is 15.6. The van der Waals surface area contributed by atoms with Crippen molar-refractivity contribution in [3.63, 3.8) is 0 Å². The number of hydrogen-bond acceptors (Lipinski definition) is 3. The molecule has 1 aliphatic heterocycles. The number of nitrogens with one attached hydrogen (secondary N) is 1. The molecule has 4 rings (SSSR count). The van der Waals surface area contributed by atoms with E-state index in [1.54, 1.807) is 0 Å². The highest BCUT2D eigenvalue weighted by Gasteiger charge is 2.36. The zero-order chi connectivity index (χ0) is 15.6. The molecule has 126 valence electrons. The van der Waals surface area contributed by atoms with Gasteiger partial charge in [-0.05, 0) is 75.1 Å². The Bertz CT molecular complexity index is 499. The lowest BCUT2D eigenvalue weighted by atomic mass is 9.82. The lowest BCUT2D eigenvalue weighted by Gasteiger charge is -2.32. The SMILES string of the molecule is CN1CC[C@@H](CN[C@H]2CCC[C@@H](C3CC3)C2)[C@@H]1c1cccnc1. The summed E-state index contributed by atoms with van der Waals surface area (Å²) in [6.07, 6.45) is 14.0. The van der Waals surface area contributed by atoms with Gasteiger partial charge in [-0.25, -0.2) is 0 Å². The average Bonchev–Trinajstić information content (AvgIpc) is 3.38. The molecule has 0 spiro atoms. The van der Waals surface area contributed by atoms with Gasteiger partial charge in [0.25, 0.3) is 0 Å². The molecule has 23 heavy (non-hydrogen) atoms. The van der Waals surface area contributed by atoms with Crippen molar-refractivity contribution in [2.45, 2.75) is 57.0 Å². The van der Waals surface area contributed by atoms with Crippen LogP contribution in [0.5, 0.6) is 0 Å². The monoisotopic (exact) mass is 313 g/mol. The van der Waals surface area contributed by atoms with E-state index in [9.17, 15) is 0 Å². The second kappa shape index (κ2) is 6.90. The molecule has 3 heteroatoms. The maximum atomic E-state index is 4.34. The molecule has 2 heterocycles. The molecule has 0 bridgehead atoms. The summed E-state index contributed by atoms with van der Waals surface area (Å²) in [5, 5.41) is 3.95. The van der Waals surface area contributed by atoms with Gasteiger partial charge in [0, 0.05) is 31.0 Å². The van der Waals surface area contributed by atoms with Crippen LogP contribution in [-0.4, -0.2) is 36.1 Å². The van der Waals surface area contributed by atoms with Crippen LogP contribution in [0.3, 0.4) is 0 Å². The Morgan fingerprint density at radius 3 is 2.87 bits per heavy atom. The standard InChI is InChI=1S/C20H31N3/c1-23-11-9-18(20(23)17-5-3-10-21-13-17)14-22-19-6-2-4-16(12-19)15-7-8-15/h3,5,10,13,15-16,18-20,22H,2,4,6-9,11-12,14H2,1H3/t16-,18+,19+,20+/m1/s1. The van der Waals surface area contributed by atoms with Crippen molar-refractivity contribution in [2.24, 2.45) is 17.8 Å². The molecular formula is C20H31N3. The molecule has 0 aromatic carbocycles. The molecule has 4 atom stereocenters. The number of hydrogen-bond donors (Lipinski definition) is 1. The number of pyridine rings is 1. The quantitative estimate of drug-likeness (QED) is 0.899. The highest BCUT2D eigenvalue weighted by Crippen LogP contribution is 2.44. The molecule has 1 saturated heterocycles. The van der Waals surface area contributed by atoms with Crippen molar-refractivity contribution in [2.75, 3.05) is 20.1 Å². The third kappa shape index (κ3) is 3.61. The summed E-state index contributed by atoms with van der Waals surface area (Å²) in [6.45, 7) is 2.38. The molecule has 3 nitrogen and oxygen atoms in total. The van der Waals surface area contributed by atoms with Crippen LogP contribution < -0.4 is 5.32 Å². The molecule has 2 saturated carbocycles. The Kier molecular flexibility index (Phi) is 4.68. The fourth-order valence-corrected chi connectivity index (χ4v) is 5.04. The van der Waals surface area contributed by atoms with Crippen molar-refractivity contribution < 1.29 is 0 Å². The summed E-state index contributed by atoms with van der Waals surface area (Å²) in [5.41, 5.74) is 1.39. The molecule has 1 N–H and O–H groups in total. The second-order valence-corrected chi connectivity index (χ2v) is 8.13. The minimum Gasteiger partial charge on any atom is -0.314 e. The van der Waals surface area contributed by atoms with Gasteiger partial charge in [0.1, 0.15) is 0 Å². The number of nitrogens with zero attached hydrogens (tertiary/aromatic N) is 2. The van der Waals surface area contributed by atoms with E-state index in [2.05, 4.69) is 40.6 Å². The molecular weight excluding hydrogens is 282 g/mol. The van der Waals surface area contributed by atoms with Gasteiger partial charge in [-0.3, -0.25) is 9.88 Å². The van der Waals surface area contributed by atoms with Crippen LogP contribution in [0.2, 0.25) is 0 Å². The third-order valence-corrected chi connectivity index (χ3v) is 6.47. The first-order valence-corrected chi connectivity index (χ1v) is 9.65. The van der Waals surface area contributed by atoms with E-state index in [0.29, 0.717) is 6.04 Å². The van der Waals surface area contributed by atoms with Crippen LogP contribution in [-0.2, 0) is 0 Å². The van der Waals surface area contributed by atoms with Gasteiger partial charge in [0.05, 0.1) is 0 Å². The topological polar surface area (TPSA) is 28.2 Å². The van der Waals surface area contributed by atoms with Crippen LogP contribution >= 0.6 is 0 Å². The van der Waals surface area contributed by atoms with E-state index in [1.165, 1.54) is 63.6 Å². The summed E-state index contributed by atoms with van der Waals surface area (Å²) in [6, 6.07) is 5.64. The lowest BCUT2D eigenvalue weighted by molar-refractivity contribution is 0.233. The molecule has 1 aromatic heterocycles. The van der Waals surface area contributed by atoms with E-state index in [1.807, 2.05) is 6.20 Å². The smallest absolute Gasteiger partial charge is 0.0401 e. The molecule has 1 aromatic rings.